The van der Waals surface area contributed by atoms with E-state index in [1.165, 1.54) is 0 Å². The number of ether oxygens (including phenoxy) is 2. The molecule has 0 saturated carbocycles. The third-order valence-corrected chi connectivity index (χ3v) is 3.48. The maximum absolute atomic E-state index is 12.2. The van der Waals surface area contributed by atoms with Gasteiger partial charge in [-0.2, -0.15) is 0 Å². The molecule has 5 heteroatoms. The molecule has 0 atom stereocenters. The lowest BCUT2D eigenvalue weighted by atomic mass is 10.1. The third kappa shape index (κ3) is 5.12. The summed E-state index contributed by atoms with van der Waals surface area (Å²) in [4.78, 5) is 14.6. The number of carbonyl (C=O) groups excluding carboxylic acids is 1. The predicted octanol–water partition coefficient (Wildman–Crippen LogP) is 1.19. The quantitative estimate of drug-likeness (QED) is 0.576. The highest BCUT2D eigenvalue weighted by atomic mass is 16.5. The Hall–Kier alpha value is -1.43. The van der Waals surface area contributed by atoms with Crippen molar-refractivity contribution < 1.29 is 14.3 Å². The molecule has 0 aromatic heterocycles. The van der Waals surface area contributed by atoms with Gasteiger partial charge in [-0.1, -0.05) is 12.1 Å². The van der Waals surface area contributed by atoms with Crippen molar-refractivity contribution in [3.63, 3.8) is 0 Å². The zero-order valence-electron chi connectivity index (χ0n) is 12.6. The molecular weight excluding hydrogens is 268 g/mol. The van der Waals surface area contributed by atoms with Crippen LogP contribution in [0, 0.1) is 0 Å². The van der Waals surface area contributed by atoms with Crippen molar-refractivity contribution in [2.24, 2.45) is 0 Å². The molecule has 1 heterocycles. The smallest absolute Gasteiger partial charge is 0.180 e. The SMILES string of the molecule is CCOc1ccccc1C(=O)CNCCN1CCOCC1. The molecule has 2 rings (SSSR count). The fraction of sp³-hybridized carbons (Fsp3) is 0.562. The van der Waals surface area contributed by atoms with Crippen LogP contribution in [0.5, 0.6) is 5.75 Å². The topological polar surface area (TPSA) is 50.8 Å². The monoisotopic (exact) mass is 292 g/mol. The van der Waals surface area contributed by atoms with Crippen LogP contribution >= 0.6 is 0 Å². The van der Waals surface area contributed by atoms with Crippen molar-refractivity contribution >= 4 is 5.78 Å². The van der Waals surface area contributed by atoms with Crippen molar-refractivity contribution in [3.05, 3.63) is 29.8 Å². The minimum Gasteiger partial charge on any atom is -0.493 e. The molecule has 0 amide bonds. The summed E-state index contributed by atoms with van der Waals surface area (Å²) in [5.74, 6) is 0.737. The molecular formula is C16H24N2O3. The predicted molar refractivity (Wildman–Crippen MR) is 82.1 cm³/mol. The van der Waals surface area contributed by atoms with Crippen LogP contribution in [0.1, 0.15) is 17.3 Å². The summed E-state index contributed by atoms with van der Waals surface area (Å²) in [7, 11) is 0. The first-order valence-electron chi connectivity index (χ1n) is 7.57. The number of rotatable bonds is 8. The van der Waals surface area contributed by atoms with Gasteiger partial charge in [0.05, 0.1) is 31.9 Å². The van der Waals surface area contributed by atoms with Gasteiger partial charge in [-0.25, -0.2) is 0 Å². The molecule has 1 N–H and O–H groups in total. The molecule has 0 bridgehead atoms. The summed E-state index contributed by atoms with van der Waals surface area (Å²) < 4.78 is 10.8. The fourth-order valence-corrected chi connectivity index (χ4v) is 2.34. The summed E-state index contributed by atoms with van der Waals surface area (Å²) in [6.45, 7) is 8.14. The zero-order chi connectivity index (χ0) is 14.9. The molecule has 5 nitrogen and oxygen atoms in total. The summed E-state index contributed by atoms with van der Waals surface area (Å²) in [5.41, 5.74) is 0.651. The first-order chi connectivity index (χ1) is 10.3. The average Bonchev–Trinajstić information content (AvgIpc) is 2.53. The molecule has 1 aromatic carbocycles. The molecule has 0 spiro atoms. The van der Waals surface area contributed by atoms with E-state index in [2.05, 4.69) is 10.2 Å². The largest absolute Gasteiger partial charge is 0.493 e. The third-order valence-electron chi connectivity index (χ3n) is 3.48. The highest BCUT2D eigenvalue weighted by molar-refractivity contribution is 6.00. The number of morpholine rings is 1. The van der Waals surface area contributed by atoms with Gasteiger partial charge in [-0.15, -0.1) is 0 Å². The van der Waals surface area contributed by atoms with Crippen LogP contribution in [0.25, 0.3) is 0 Å². The molecule has 21 heavy (non-hydrogen) atoms. The maximum atomic E-state index is 12.2. The van der Waals surface area contributed by atoms with Gasteiger partial charge in [-0.3, -0.25) is 9.69 Å². The molecule has 116 valence electrons. The van der Waals surface area contributed by atoms with Gasteiger partial charge in [0.25, 0.3) is 0 Å². The summed E-state index contributed by atoms with van der Waals surface area (Å²) in [5, 5.41) is 3.21. The van der Waals surface area contributed by atoms with Crippen LogP contribution in [0.2, 0.25) is 0 Å². The standard InChI is InChI=1S/C16H24N2O3/c1-2-21-16-6-4-3-5-14(16)15(19)13-17-7-8-18-9-11-20-12-10-18/h3-6,17H,2,7-13H2,1H3. The summed E-state index contributed by atoms with van der Waals surface area (Å²) in [6, 6.07) is 7.40. The molecule has 0 unspecified atom stereocenters. The van der Waals surface area contributed by atoms with Crippen LogP contribution in [0.15, 0.2) is 24.3 Å². The first-order valence-corrected chi connectivity index (χ1v) is 7.57. The van der Waals surface area contributed by atoms with Gasteiger partial charge in [0.2, 0.25) is 0 Å². The summed E-state index contributed by atoms with van der Waals surface area (Å²) >= 11 is 0. The van der Waals surface area contributed by atoms with E-state index in [0.717, 1.165) is 39.4 Å². The summed E-state index contributed by atoms with van der Waals surface area (Å²) in [6.07, 6.45) is 0. The number of hydrogen-bond acceptors (Lipinski definition) is 5. The van der Waals surface area contributed by atoms with E-state index in [9.17, 15) is 4.79 Å². The second-order valence-electron chi connectivity index (χ2n) is 4.98. The Morgan fingerprint density at radius 1 is 1.33 bits per heavy atom. The second-order valence-corrected chi connectivity index (χ2v) is 4.98. The van der Waals surface area contributed by atoms with E-state index in [0.29, 0.717) is 24.5 Å². The van der Waals surface area contributed by atoms with Crippen molar-refractivity contribution in [3.8, 4) is 5.75 Å². The van der Waals surface area contributed by atoms with Gasteiger partial charge in [-0.05, 0) is 19.1 Å². The van der Waals surface area contributed by atoms with Gasteiger partial charge in [0.1, 0.15) is 5.75 Å². The number of benzene rings is 1. The van der Waals surface area contributed by atoms with E-state index < -0.39 is 0 Å². The minimum atomic E-state index is 0.0704. The van der Waals surface area contributed by atoms with E-state index in [1.807, 2.05) is 31.2 Å². The Morgan fingerprint density at radius 3 is 2.86 bits per heavy atom. The lowest BCUT2D eigenvalue weighted by Gasteiger charge is -2.26. The van der Waals surface area contributed by atoms with E-state index in [-0.39, 0.29) is 5.78 Å². The Balaban J connectivity index is 1.74. The minimum absolute atomic E-state index is 0.0704. The zero-order valence-corrected chi connectivity index (χ0v) is 12.6. The number of ketones is 1. The first kappa shape index (κ1) is 15.9. The van der Waals surface area contributed by atoms with Gasteiger partial charge < -0.3 is 14.8 Å². The van der Waals surface area contributed by atoms with E-state index >= 15 is 0 Å². The van der Waals surface area contributed by atoms with Gasteiger partial charge in [0.15, 0.2) is 5.78 Å². The number of nitrogens with one attached hydrogen (secondary N) is 1. The molecule has 1 saturated heterocycles. The Kier molecular flexibility index (Phi) is 6.66. The molecule has 1 fully saturated rings. The van der Waals surface area contributed by atoms with Crippen molar-refractivity contribution in [1.82, 2.24) is 10.2 Å². The second kappa shape index (κ2) is 8.77. The number of para-hydroxylation sites is 1. The molecule has 0 aliphatic carbocycles. The van der Waals surface area contributed by atoms with E-state index in [1.54, 1.807) is 0 Å². The van der Waals surface area contributed by atoms with Crippen molar-refractivity contribution in [2.75, 3.05) is 52.5 Å². The van der Waals surface area contributed by atoms with Crippen LogP contribution in [-0.2, 0) is 4.74 Å². The Labute approximate surface area is 126 Å². The number of hydrogen-bond donors (Lipinski definition) is 1. The highest BCUT2D eigenvalue weighted by Gasteiger charge is 2.12. The van der Waals surface area contributed by atoms with Crippen molar-refractivity contribution in [2.45, 2.75) is 6.92 Å². The lowest BCUT2D eigenvalue weighted by Crippen LogP contribution is -2.41. The molecule has 1 aliphatic heterocycles. The van der Waals surface area contributed by atoms with Crippen LogP contribution in [-0.4, -0.2) is 63.2 Å². The van der Waals surface area contributed by atoms with Crippen LogP contribution in [0.4, 0.5) is 0 Å². The maximum Gasteiger partial charge on any atom is 0.180 e. The van der Waals surface area contributed by atoms with Crippen LogP contribution in [0.3, 0.4) is 0 Å². The number of nitrogens with zero attached hydrogens (tertiary/aromatic N) is 1. The molecule has 0 radical (unpaired) electrons. The molecule has 1 aliphatic rings. The Bertz CT molecular complexity index is 445. The average molecular weight is 292 g/mol. The normalized spacial score (nSPS) is 15.9. The van der Waals surface area contributed by atoms with Gasteiger partial charge in [0, 0.05) is 26.2 Å². The number of carbonyl (C=O) groups is 1. The number of Topliss-reactive ketones (excluding diaryl/α,β-unsaturated/α-hetero) is 1. The lowest BCUT2D eigenvalue weighted by molar-refractivity contribution is 0.0384. The van der Waals surface area contributed by atoms with Crippen molar-refractivity contribution in [1.29, 1.82) is 0 Å². The molecule has 1 aromatic rings. The Morgan fingerprint density at radius 2 is 2.10 bits per heavy atom. The van der Waals surface area contributed by atoms with E-state index in [4.69, 9.17) is 9.47 Å². The fourth-order valence-electron chi connectivity index (χ4n) is 2.34. The van der Waals surface area contributed by atoms with Gasteiger partial charge >= 0.3 is 0 Å². The highest BCUT2D eigenvalue weighted by Crippen LogP contribution is 2.18. The van der Waals surface area contributed by atoms with Crippen LogP contribution < -0.4 is 10.1 Å².